The highest BCUT2D eigenvalue weighted by molar-refractivity contribution is 5.95. The Morgan fingerprint density at radius 2 is 2.19 bits per heavy atom. The first-order chi connectivity index (χ1) is 9.99. The summed E-state index contributed by atoms with van der Waals surface area (Å²) in [6.07, 6.45) is 1.48. The summed E-state index contributed by atoms with van der Waals surface area (Å²) in [4.78, 5) is 23.8. The summed E-state index contributed by atoms with van der Waals surface area (Å²) in [6, 6.07) is 5.84. The molecule has 2 rings (SSSR count). The van der Waals surface area contributed by atoms with E-state index in [-0.39, 0.29) is 23.8 Å². The van der Waals surface area contributed by atoms with E-state index in [1.54, 1.807) is 20.2 Å². The van der Waals surface area contributed by atoms with Gasteiger partial charge >= 0.3 is 0 Å². The quantitative estimate of drug-likeness (QED) is 0.666. The summed E-state index contributed by atoms with van der Waals surface area (Å²) in [5.74, 6) is 0.307. The molecule has 0 unspecified atom stereocenters. The van der Waals surface area contributed by atoms with E-state index in [2.05, 4.69) is 10.5 Å². The molecule has 0 atom stereocenters. The lowest BCUT2D eigenvalue weighted by Gasteiger charge is -2.12. The van der Waals surface area contributed by atoms with Crippen LogP contribution in [0.2, 0.25) is 0 Å². The fourth-order valence-electron chi connectivity index (χ4n) is 1.74. The number of nitrogens with zero attached hydrogens (tertiary/aromatic N) is 3. The molecule has 110 valence electrons. The normalized spacial score (nSPS) is 10.2. The summed E-state index contributed by atoms with van der Waals surface area (Å²) in [5, 5.41) is 17.5. The van der Waals surface area contributed by atoms with Gasteiger partial charge in [0.1, 0.15) is 5.69 Å². The predicted octanol–water partition coefficient (Wildman–Crippen LogP) is 1.90. The Hall–Kier alpha value is -2.90. The Kier molecular flexibility index (Phi) is 4.17. The third kappa shape index (κ3) is 3.35. The lowest BCUT2D eigenvalue weighted by atomic mass is 10.1. The molecule has 0 spiro atoms. The smallest absolute Gasteiger partial charge is 0.292 e. The number of carbonyl (C=O) groups excluding carboxylic acids is 1. The van der Waals surface area contributed by atoms with Gasteiger partial charge in [0.05, 0.1) is 17.7 Å². The van der Waals surface area contributed by atoms with E-state index in [0.29, 0.717) is 11.3 Å². The van der Waals surface area contributed by atoms with Crippen LogP contribution in [0.1, 0.15) is 16.1 Å². The Morgan fingerprint density at radius 1 is 1.43 bits per heavy atom. The highest BCUT2D eigenvalue weighted by Crippen LogP contribution is 2.26. The third-order valence-electron chi connectivity index (χ3n) is 2.79. The van der Waals surface area contributed by atoms with Crippen LogP contribution in [0.5, 0.6) is 0 Å². The molecule has 1 heterocycles. The molecule has 1 aromatic carbocycles. The first-order valence-electron chi connectivity index (χ1n) is 6.12. The van der Waals surface area contributed by atoms with Crippen LogP contribution in [-0.4, -0.2) is 35.0 Å². The molecule has 0 saturated heterocycles. The number of carbonyl (C=O) groups is 1. The number of anilines is 1. The molecule has 2 aromatic rings. The Morgan fingerprint density at radius 3 is 2.76 bits per heavy atom. The first kappa shape index (κ1) is 14.5. The second-order valence-corrected chi connectivity index (χ2v) is 4.52. The molecule has 0 radical (unpaired) electrons. The zero-order valence-electron chi connectivity index (χ0n) is 11.6. The van der Waals surface area contributed by atoms with E-state index in [0.717, 1.165) is 0 Å². The number of aromatic nitrogens is 1. The molecular formula is C13H14N4O4. The van der Waals surface area contributed by atoms with E-state index in [1.165, 1.54) is 29.3 Å². The van der Waals surface area contributed by atoms with Crippen LogP contribution in [0.3, 0.4) is 0 Å². The monoisotopic (exact) mass is 290 g/mol. The Bertz CT molecular complexity index is 652. The summed E-state index contributed by atoms with van der Waals surface area (Å²) in [5.41, 5.74) is 0.514. The van der Waals surface area contributed by atoms with Crippen molar-refractivity contribution in [3.05, 3.63) is 51.9 Å². The maximum absolute atomic E-state index is 11.9. The molecule has 0 aliphatic heterocycles. The van der Waals surface area contributed by atoms with Crippen LogP contribution in [-0.2, 0) is 6.54 Å². The van der Waals surface area contributed by atoms with Crippen LogP contribution in [0.25, 0.3) is 0 Å². The van der Waals surface area contributed by atoms with Crippen molar-refractivity contribution in [3.8, 4) is 0 Å². The van der Waals surface area contributed by atoms with Crippen molar-refractivity contribution in [3.63, 3.8) is 0 Å². The van der Waals surface area contributed by atoms with Crippen molar-refractivity contribution in [2.24, 2.45) is 0 Å². The number of benzene rings is 1. The van der Waals surface area contributed by atoms with Gasteiger partial charge in [-0.05, 0) is 12.1 Å². The second-order valence-electron chi connectivity index (χ2n) is 4.52. The number of nitro groups is 1. The van der Waals surface area contributed by atoms with Gasteiger partial charge in [-0.15, -0.1) is 0 Å². The predicted molar refractivity (Wildman–Crippen MR) is 74.9 cm³/mol. The van der Waals surface area contributed by atoms with Gasteiger partial charge < -0.3 is 14.7 Å². The zero-order valence-corrected chi connectivity index (χ0v) is 11.6. The molecule has 8 nitrogen and oxygen atoms in total. The van der Waals surface area contributed by atoms with Gasteiger partial charge in [-0.1, -0.05) is 5.16 Å². The lowest BCUT2D eigenvalue weighted by molar-refractivity contribution is -0.384. The fourth-order valence-corrected chi connectivity index (χ4v) is 1.74. The van der Waals surface area contributed by atoms with E-state index in [1.807, 2.05) is 0 Å². The average molecular weight is 290 g/mol. The highest BCUT2D eigenvalue weighted by Gasteiger charge is 2.17. The van der Waals surface area contributed by atoms with Crippen LogP contribution >= 0.6 is 0 Å². The van der Waals surface area contributed by atoms with Crippen LogP contribution in [0, 0.1) is 10.1 Å². The minimum atomic E-state index is -0.507. The highest BCUT2D eigenvalue weighted by atomic mass is 16.6. The van der Waals surface area contributed by atoms with Gasteiger partial charge in [0, 0.05) is 31.8 Å². The molecule has 0 aliphatic carbocycles. The van der Waals surface area contributed by atoms with Crippen molar-refractivity contribution >= 4 is 17.3 Å². The van der Waals surface area contributed by atoms with E-state index >= 15 is 0 Å². The zero-order chi connectivity index (χ0) is 15.4. The molecular weight excluding hydrogens is 276 g/mol. The van der Waals surface area contributed by atoms with Gasteiger partial charge in [0.15, 0.2) is 5.76 Å². The number of nitrogens with one attached hydrogen (secondary N) is 1. The molecule has 1 N–H and O–H groups in total. The van der Waals surface area contributed by atoms with Crippen molar-refractivity contribution in [1.29, 1.82) is 0 Å². The topological polar surface area (TPSA) is 102 Å². The lowest BCUT2D eigenvalue weighted by Crippen LogP contribution is -2.21. The Labute approximate surface area is 120 Å². The molecule has 0 aliphatic rings. The number of hydrogen-bond acceptors (Lipinski definition) is 6. The van der Waals surface area contributed by atoms with E-state index < -0.39 is 4.92 Å². The summed E-state index contributed by atoms with van der Waals surface area (Å²) in [7, 11) is 3.23. The number of rotatable bonds is 5. The largest absolute Gasteiger partial charge is 0.372 e. The van der Waals surface area contributed by atoms with E-state index in [4.69, 9.17) is 4.52 Å². The second kappa shape index (κ2) is 6.04. The minimum Gasteiger partial charge on any atom is -0.372 e. The van der Waals surface area contributed by atoms with E-state index in [9.17, 15) is 14.9 Å². The first-order valence-corrected chi connectivity index (χ1v) is 6.12. The van der Waals surface area contributed by atoms with Crippen LogP contribution < -0.4 is 5.32 Å². The van der Waals surface area contributed by atoms with Crippen molar-refractivity contribution in [2.75, 3.05) is 19.4 Å². The SMILES string of the molecule is CN(C)C(=O)c1ccc([N+](=O)[O-])c(NCc2ccno2)c1. The third-order valence-corrected chi connectivity index (χ3v) is 2.79. The van der Waals surface area contributed by atoms with Crippen LogP contribution in [0.15, 0.2) is 35.0 Å². The number of amides is 1. The van der Waals surface area contributed by atoms with Gasteiger partial charge in [-0.2, -0.15) is 0 Å². The van der Waals surface area contributed by atoms with Crippen LogP contribution in [0.4, 0.5) is 11.4 Å². The van der Waals surface area contributed by atoms with Crippen molar-refractivity contribution in [1.82, 2.24) is 10.1 Å². The molecule has 1 aromatic heterocycles. The van der Waals surface area contributed by atoms with Gasteiger partial charge in [0.25, 0.3) is 11.6 Å². The Balaban J connectivity index is 2.28. The average Bonchev–Trinajstić information content (AvgIpc) is 2.97. The minimum absolute atomic E-state index is 0.107. The van der Waals surface area contributed by atoms with Gasteiger partial charge in [-0.25, -0.2) is 0 Å². The summed E-state index contributed by atoms with van der Waals surface area (Å²) >= 11 is 0. The van der Waals surface area contributed by atoms with Gasteiger partial charge in [0.2, 0.25) is 0 Å². The molecule has 8 heteroatoms. The summed E-state index contributed by atoms with van der Waals surface area (Å²) < 4.78 is 4.91. The maximum atomic E-state index is 11.9. The molecule has 21 heavy (non-hydrogen) atoms. The molecule has 0 fully saturated rings. The maximum Gasteiger partial charge on any atom is 0.292 e. The summed E-state index contributed by atoms with van der Waals surface area (Å²) in [6.45, 7) is 0.237. The number of hydrogen-bond donors (Lipinski definition) is 1. The molecule has 1 amide bonds. The van der Waals surface area contributed by atoms with Gasteiger partial charge in [-0.3, -0.25) is 14.9 Å². The fraction of sp³-hybridized carbons (Fsp3) is 0.231. The molecule has 0 bridgehead atoms. The van der Waals surface area contributed by atoms with Crippen molar-refractivity contribution in [2.45, 2.75) is 6.54 Å². The molecule has 0 saturated carbocycles. The number of nitro benzene ring substituents is 1. The van der Waals surface area contributed by atoms with Crippen molar-refractivity contribution < 1.29 is 14.2 Å². The standard InChI is InChI=1S/C13H14N4O4/c1-16(2)13(18)9-3-4-12(17(19)20)11(7-9)14-8-10-5-6-15-21-10/h3-7,14H,8H2,1-2H3.